The number of rotatable bonds is 4. The van der Waals surface area contributed by atoms with Crippen LogP contribution in [0.5, 0.6) is 0 Å². The lowest BCUT2D eigenvalue weighted by Crippen LogP contribution is -2.45. The first kappa shape index (κ1) is 12.6. The number of nitrogens with zero attached hydrogens (tertiary/aromatic N) is 1. The molecule has 2 nitrogen and oxygen atoms in total. The second kappa shape index (κ2) is 5.72. The minimum atomic E-state index is 0.567. The lowest BCUT2D eigenvalue weighted by Gasteiger charge is -2.34. The molecular formula is C15H24N2S. The van der Waals surface area contributed by atoms with Crippen LogP contribution in [0.25, 0.3) is 0 Å². The van der Waals surface area contributed by atoms with E-state index in [-0.39, 0.29) is 0 Å². The van der Waals surface area contributed by atoms with Crippen molar-refractivity contribution in [2.75, 3.05) is 13.1 Å². The quantitative estimate of drug-likeness (QED) is 0.896. The molecule has 3 rings (SSSR count). The van der Waals surface area contributed by atoms with Crippen molar-refractivity contribution >= 4 is 11.3 Å². The average Bonchev–Trinajstić information content (AvgIpc) is 3.06. The van der Waals surface area contributed by atoms with E-state index in [2.05, 4.69) is 34.7 Å². The van der Waals surface area contributed by atoms with Crippen LogP contribution in [0.1, 0.15) is 49.9 Å². The summed E-state index contributed by atoms with van der Waals surface area (Å²) in [6.45, 7) is 4.94. The largest absolute Gasteiger partial charge is 0.305 e. The Kier molecular flexibility index (Phi) is 4.02. The molecule has 0 spiro atoms. The molecule has 2 aliphatic heterocycles. The van der Waals surface area contributed by atoms with Crippen molar-refractivity contribution in [2.45, 2.75) is 57.2 Å². The Bertz CT molecular complexity index is 363. The van der Waals surface area contributed by atoms with Gasteiger partial charge in [0.05, 0.1) is 0 Å². The number of piperidine rings is 1. The van der Waals surface area contributed by atoms with Gasteiger partial charge in [0.25, 0.3) is 0 Å². The van der Waals surface area contributed by atoms with Gasteiger partial charge in [0.1, 0.15) is 0 Å². The van der Waals surface area contributed by atoms with E-state index in [9.17, 15) is 0 Å². The average molecular weight is 264 g/mol. The molecule has 0 aliphatic carbocycles. The molecule has 3 heteroatoms. The molecular weight excluding hydrogens is 240 g/mol. The second-order valence-electron chi connectivity index (χ2n) is 5.64. The van der Waals surface area contributed by atoms with Gasteiger partial charge in [-0.05, 0) is 43.7 Å². The van der Waals surface area contributed by atoms with Gasteiger partial charge in [-0.25, -0.2) is 0 Å². The van der Waals surface area contributed by atoms with Crippen molar-refractivity contribution in [1.82, 2.24) is 10.2 Å². The molecule has 1 N–H and O–H groups in total. The summed E-state index contributed by atoms with van der Waals surface area (Å²) in [5.74, 6) is 0. The highest BCUT2D eigenvalue weighted by Gasteiger charge is 2.36. The summed E-state index contributed by atoms with van der Waals surface area (Å²) in [6, 6.07) is 6.55. The molecule has 1 aromatic heterocycles. The monoisotopic (exact) mass is 264 g/mol. The summed E-state index contributed by atoms with van der Waals surface area (Å²) in [6.07, 6.45) is 6.77. The summed E-state index contributed by atoms with van der Waals surface area (Å²) in [5.41, 5.74) is 0. The van der Waals surface area contributed by atoms with E-state index < -0.39 is 0 Å². The van der Waals surface area contributed by atoms with E-state index in [1.165, 1.54) is 50.1 Å². The molecule has 3 unspecified atom stereocenters. The van der Waals surface area contributed by atoms with Crippen LogP contribution in [0.2, 0.25) is 0 Å². The van der Waals surface area contributed by atoms with Gasteiger partial charge >= 0.3 is 0 Å². The smallest absolute Gasteiger partial charge is 0.0414 e. The minimum absolute atomic E-state index is 0.567. The second-order valence-corrected chi connectivity index (χ2v) is 6.62. The van der Waals surface area contributed by atoms with Crippen molar-refractivity contribution in [3.8, 4) is 0 Å². The zero-order valence-corrected chi connectivity index (χ0v) is 12.1. The third kappa shape index (κ3) is 2.49. The molecule has 2 fully saturated rings. The van der Waals surface area contributed by atoms with Crippen LogP contribution in [0.15, 0.2) is 17.5 Å². The molecule has 0 saturated carbocycles. The van der Waals surface area contributed by atoms with Gasteiger partial charge in [-0.2, -0.15) is 0 Å². The van der Waals surface area contributed by atoms with Crippen molar-refractivity contribution < 1.29 is 0 Å². The first-order valence-electron chi connectivity index (χ1n) is 7.42. The molecule has 0 radical (unpaired) electrons. The molecule has 2 aliphatic rings. The number of fused-ring (bicyclic) bond motifs is 1. The molecule has 0 amide bonds. The first-order chi connectivity index (χ1) is 8.88. The molecule has 18 heavy (non-hydrogen) atoms. The number of nitrogens with one attached hydrogen (secondary N) is 1. The van der Waals surface area contributed by atoms with Gasteiger partial charge in [0, 0.05) is 29.5 Å². The molecule has 2 saturated heterocycles. The lowest BCUT2D eigenvalue weighted by molar-refractivity contribution is 0.176. The van der Waals surface area contributed by atoms with E-state index >= 15 is 0 Å². The lowest BCUT2D eigenvalue weighted by atomic mass is 9.98. The molecule has 1 aromatic rings. The predicted octanol–water partition coefficient (Wildman–Crippen LogP) is 3.42. The van der Waals surface area contributed by atoms with Crippen molar-refractivity contribution in [3.05, 3.63) is 22.4 Å². The molecule has 100 valence electrons. The van der Waals surface area contributed by atoms with E-state index in [0.29, 0.717) is 6.04 Å². The van der Waals surface area contributed by atoms with Crippen LogP contribution >= 0.6 is 11.3 Å². The van der Waals surface area contributed by atoms with Crippen LogP contribution in [-0.4, -0.2) is 30.1 Å². The Morgan fingerprint density at radius 2 is 2.33 bits per heavy atom. The van der Waals surface area contributed by atoms with Crippen LogP contribution in [-0.2, 0) is 0 Å². The standard InChI is InChI=1S/C15H24N2S/c1-2-12(15-7-5-11-18-15)16-13-8-10-17-9-4-3-6-14(13)17/h5,7,11-14,16H,2-4,6,8-10H2,1H3. The summed E-state index contributed by atoms with van der Waals surface area (Å²) in [4.78, 5) is 4.22. The fourth-order valence-corrected chi connectivity index (χ4v) is 4.46. The zero-order valence-electron chi connectivity index (χ0n) is 11.3. The van der Waals surface area contributed by atoms with E-state index in [0.717, 1.165) is 12.1 Å². The third-order valence-electron chi connectivity index (χ3n) is 4.57. The van der Waals surface area contributed by atoms with E-state index in [1.54, 1.807) is 0 Å². The molecule has 3 heterocycles. The van der Waals surface area contributed by atoms with Gasteiger partial charge < -0.3 is 5.32 Å². The highest BCUT2D eigenvalue weighted by atomic mass is 32.1. The van der Waals surface area contributed by atoms with E-state index in [1.807, 2.05) is 11.3 Å². The Hall–Kier alpha value is -0.380. The Morgan fingerprint density at radius 3 is 3.11 bits per heavy atom. The topological polar surface area (TPSA) is 15.3 Å². The molecule has 0 aromatic carbocycles. The van der Waals surface area contributed by atoms with Gasteiger partial charge in [-0.3, -0.25) is 4.90 Å². The fraction of sp³-hybridized carbons (Fsp3) is 0.733. The summed E-state index contributed by atoms with van der Waals surface area (Å²) >= 11 is 1.89. The Morgan fingerprint density at radius 1 is 1.39 bits per heavy atom. The summed E-state index contributed by atoms with van der Waals surface area (Å²) in [7, 11) is 0. The van der Waals surface area contributed by atoms with Gasteiger partial charge in [0.15, 0.2) is 0 Å². The van der Waals surface area contributed by atoms with Gasteiger partial charge in [0.2, 0.25) is 0 Å². The van der Waals surface area contributed by atoms with Crippen molar-refractivity contribution in [1.29, 1.82) is 0 Å². The highest BCUT2D eigenvalue weighted by Crippen LogP contribution is 2.30. The predicted molar refractivity (Wildman–Crippen MR) is 78.1 cm³/mol. The first-order valence-corrected chi connectivity index (χ1v) is 8.30. The molecule has 0 bridgehead atoms. The SMILES string of the molecule is CCC(NC1CCN2CCCCC12)c1cccs1. The Balaban J connectivity index is 1.65. The van der Waals surface area contributed by atoms with Crippen LogP contribution < -0.4 is 5.32 Å². The minimum Gasteiger partial charge on any atom is -0.305 e. The summed E-state index contributed by atoms with van der Waals surface area (Å²) in [5, 5.41) is 6.13. The van der Waals surface area contributed by atoms with Crippen LogP contribution in [0.4, 0.5) is 0 Å². The normalized spacial score (nSPS) is 30.3. The number of hydrogen-bond acceptors (Lipinski definition) is 3. The van der Waals surface area contributed by atoms with E-state index in [4.69, 9.17) is 0 Å². The maximum atomic E-state index is 3.94. The third-order valence-corrected chi connectivity index (χ3v) is 5.55. The number of thiophene rings is 1. The maximum Gasteiger partial charge on any atom is 0.0414 e. The maximum absolute atomic E-state index is 3.94. The Labute approximate surface area is 114 Å². The van der Waals surface area contributed by atoms with Crippen molar-refractivity contribution in [2.24, 2.45) is 0 Å². The molecule has 3 atom stereocenters. The van der Waals surface area contributed by atoms with Gasteiger partial charge in [-0.15, -0.1) is 11.3 Å². The zero-order chi connectivity index (χ0) is 12.4. The fourth-order valence-electron chi connectivity index (χ4n) is 3.59. The van der Waals surface area contributed by atoms with Crippen LogP contribution in [0, 0.1) is 0 Å². The van der Waals surface area contributed by atoms with Crippen molar-refractivity contribution in [3.63, 3.8) is 0 Å². The number of hydrogen-bond donors (Lipinski definition) is 1. The van der Waals surface area contributed by atoms with Gasteiger partial charge in [-0.1, -0.05) is 19.4 Å². The van der Waals surface area contributed by atoms with Crippen LogP contribution in [0.3, 0.4) is 0 Å². The highest BCUT2D eigenvalue weighted by molar-refractivity contribution is 7.10. The summed E-state index contributed by atoms with van der Waals surface area (Å²) < 4.78 is 0.